The van der Waals surface area contributed by atoms with E-state index < -0.39 is 46.2 Å². The van der Waals surface area contributed by atoms with Crippen molar-refractivity contribution < 1.29 is 48.3 Å². The van der Waals surface area contributed by atoms with E-state index in [-0.39, 0.29) is 69.5 Å². The Morgan fingerprint density at radius 2 is 1.11 bits per heavy atom. The van der Waals surface area contributed by atoms with Crippen LogP contribution in [0, 0.1) is 11.8 Å². The molecule has 2 saturated heterocycles. The first kappa shape index (κ1) is 39.8. The van der Waals surface area contributed by atoms with Gasteiger partial charge in [-0.05, 0) is 124 Å². The number of thiophene rings is 1. The van der Waals surface area contributed by atoms with Crippen LogP contribution in [0.1, 0.15) is 97.6 Å². The van der Waals surface area contributed by atoms with E-state index in [9.17, 15) is 29.4 Å². The highest BCUT2D eigenvalue weighted by Gasteiger charge is 2.75. The summed E-state index contributed by atoms with van der Waals surface area (Å²) in [5, 5.41) is 25.3. The van der Waals surface area contributed by atoms with E-state index in [1.807, 2.05) is 12.1 Å². The molecule has 6 aliphatic carbocycles. The van der Waals surface area contributed by atoms with Gasteiger partial charge >= 0.3 is 11.9 Å². The van der Waals surface area contributed by atoms with Gasteiger partial charge in [-0.1, -0.05) is 35.3 Å². The number of Topliss-reactive ketones (excluding diaryl/α,β-unsaturated/α-hetero) is 2. The number of hydrogen-bond donors (Lipinski definition) is 2. The summed E-state index contributed by atoms with van der Waals surface area (Å²) in [6.45, 7) is 3.42. The van der Waals surface area contributed by atoms with Crippen molar-refractivity contribution in [3.05, 3.63) is 66.3 Å². The lowest BCUT2D eigenvalue weighted by Gasteiger charge is -2.62. The van der Waals surface area contributed by atoms with Crippen LogP contribution in [0.2, 0.25) is 8.67 Å². The quantitative estimate of drug-likeness (QED) is 0.192. The highest BCUT2D eigenvalue weighted by molar-refractivity contribution is 7.20. The molecule has 4 bridgehead atoms. The normalized spacial score (nSPS) is 35.4. The van der Waals surface area contributed by atoms with E-state index >= 15 is 0 Å². The van der Waals surface area contributed by atoms with Crippen molar-refractivity contribution in [1.82, 2.24) is 9.80 Å². The fraction of sp³-hybridized carbons (Fsp3) is 0.583. The Hall–Kier alpha value is -3.56. The molecule has 10 aliphatic rings. The second-order valence-corrected chi connectivity index (χ2v) is 22.5. The van der Waals surface area contributed by atoms with E-state index in [2.05, 4.69) is 9.80 Å². The second-order valence-electron chi connectivity index (χ2n) is 20.3. The van der Waals surface area contributed by atoms with Gasteiger partial charge in [-0.3, -0.25) is 29.0 Å². The average Bonchev–Trinajstić information content (AvgIpc) is 4.16. The molecule has 6 fully saturated rings. The average molecular weight is 916 g/mol. The number of aliphatic hydroxyl groups is 2. The van der Waals surface area contributed by atoms with Gasteiger partial charge in [0.2, 0.25) is 0 Å². The number of ketones is 2. The SMILES string of the molecule is O=C(Cc1c(Cl)sc(Cl)c1CC(=O)Oc1ccc2c3c1O[C@H]1C(=O)CC[C@@]4(O)[C@@H](C2)N(CC2CC2)CC[C@]314)Oc1ccc2c3c1O[C@H]1C(=O)CC[C@@]4(O)[C@@H](C2)N(CC2CC2)CC[C@]314. The minimum absolute atomic E-state index is 0.0477. The fourth-order valence-electron chi connectivity index (χ4n) is 14.1. The molecule has 5 heterocycles. The molecule has 13 rings (SSSR count). The minimum atomic E-state index is -1.15. The Kier molecular flexibility index (Phi) is 8.53. The number of hydrogen-bond acceptors (Lipinski definition) is 13. The zero-order valence-corrected chi connectivity index (χ0v) is 37.0. The number of carbonyl (C=O) groups is 4. The third kappa shape index (κ3) is 5.36. The summed E-state index contributed by atoms with van der Waals surface area (Å²) in [7, 11) is 0. The lowest BCUT2D eigenvalue weighted by atomic mass is 9.49. The largest absolute Gasteiger partial charge is 0.477 e. The molecule has 0 amide bonds. The Morgan fingerprint density at radius 1 is 0.683 bits per heavy atom. The zero-order valence-electron chi connectivity index (χ0n) is 34.7. The van der Waals surface area contributed by atoms with Crippen LogP contribution in [0.25, 0.3) is 0 Å². The van der Waals surface area contributed by atoms with Crippen molar-refractivity contribution in [2.45, 2.75) is 136 Å². The monoisotopic (exact) mass is 914 g/mol. The zero-order chi connectivity index (χ0) is 42.9. The molecule has 0 radical (unpaired) electrons. The lowest BCUT2D eigenvalue weighted by molar-refractivity contribution is -0.188. The van der Waals surface area contributed by atoms with Gasteiger partial charge in [0.1, 0.15) is 0 Å². The van der Waals surface area contributed by atoms with Gasteiger partial charge in [-0.2, -0.15) is 0 Å². The molecule has 3 aromatic rings. The number of halogens is 2. The summed E-state index contributed by atoms with van der Waals surface area (Å²) in [5.74, 6) is 0.908. The van der Waals surface area contributed by atoms with Crippen molar-refractivity contribution >= 4 is 58.0 Å². The van der Waals surface area contributed by atoms with E-state index in [4.69, 9.17) is 42.1 Å². The molecule has 63 heavy (non-hydrogen) atoms. The standard InChI is InChI=1S/C48H48Cl2N2O10S/c49-43-27(19-35(55)59-31-7-5-25-17-33-47(57)11-9-29(53)41-45(47,37(25)39(31)61-41)13-15-51(33)21-23-1-2-23)28(44(50)63-43)20-36(56)60-32-8-6-26-18-34-48(58)12-10-30(54)42-46(48,38(26)40(32)62-42)14-16-52(34)22-24-3-4-24/h5-8,23-24,33-34,41-42,57-58H,1-4,9-22H2/t33-,34-,41+,42+,45+,46+,47-,48-/m1/s1. The smallest absolute Gasteiger partial charge is 0.315 e. The van der Waals surface area contributed by atoms with Gasteiger partial charge in [0, 0.05) is 49.1 Å². The molecule has 12 nitrogen and oxygen atoms in total. The van der Waals surface area contributed by atoms with Crippen molar-refractivity contribution in [2.24, 2.45) is 11.8 Å². The summed E-state index contributed by atoms with van der Waals surface area (Å²) in [6, 6.07) is 7.05. The molecular weight excluding hydrogens is 868 g/mol. The van der Waals surface area contributed by atoms with Crippen LogP contribution in [0.5, 0.6) is 23.0 Å². The molecule has 8 atom stereocenters. The minimum Gasteiger partial charge on any atom is -0.477 e. The molecule has 2 N–H and O–H groups in total. The van der Waals surface area contributed by atoms with Crippen LogP contribution in [0.15, 0.2) is 24.3 Å². The lowest BCUT2D eigenvalue weighted by Crippen LogP contribution is -2.76. The van der Waals surface area contributed by atoms with Crippen molar-refractivity contribution in [2.75, 3.05) is 26.2 Å². The first-order valence-electron chi connectivity index (χ1n) is 22.8. The molecule has 330 valence electrons. The number of piperidine rings is 2. The van der Waals surface area contributed by atoms with Crippen LogP contribution < -0.4 is 18.9 Å². The summed E-state index contributed by atoms with van der Waals surface area (Å²) in [4.78, 5) is 59.8. The molecule has 15 heteroatoms. The molecule has 4 saturated carbocycles. The number of ether oxygens (including phenoxy) is 4. The summed E-state index contributed by atoms with van der Waals surface area (Å²) < 4.78 is 25.5. The molecule has 0 unspecified atom stereocenters. The fourth-order valence-corrected chi connectivity index (χ4v) is 15.8. The summed E-state index contributed by atoms with van der Waals surface area (Å²) in [6.07, 6.45) is 6.08. The third-order valence-corrected chi connectivity index (χ3v) is 19.0. The number of carbonyl (C=O) groups excluding carboxylic acids is 4. The maximum absolute atomic E-state index is 13.9. The first-order valence-corrected chi connectivity index (χ1v) is 24.4. The van der Waals surface area contributed by atoms with E-state index in [0.29, 0.717) is 73.0 Å². The molecule has 2 aromatic carbocycles. The summed E-state index contributed by atoms with van der Waals surface area (Å²) >= 11 is 14.4. The molecule has 4 aliphatic heterocycles. The second kappa shape index (κ2) is 13.5. The van der Waals surface area contributed by atoms with E-state index in [1.54, 1.807) is 12.1 Å². The van der Waals surface area contributed by atoms with Crippen molar-refractivity contribution in [3.8, 4) is 23.0 Å². The Bertz CT molecular complexity index is 2420. The highest BCUT2D eigenvalue weighted by atomic mass is 35.5. The Labute approximate surface area is 378 Å². The summed E-state index contributed by atoms with van der Waals surface area (Å²) in [5.41, 5.74) is 0.134. The van der Waals surface area contributed by atoms with Crippen molar-refractivity contribution in [3.63, 3.8) is 0 Å². The topological polar surface area (TPSA) is 152 Å². The van der Waals surface area contributed by atoms with Gasteiger partial charge in [0.05, 0.1) is 43.5 Å². The number of likely N-dealkylation sites (tertiary alicyclic amines) is 2. The van der Waals surface area contributed by atoms with Gasteiger partial charge in [-0.15, -0.1) is 11.3 Å². The molecule has 2 spiro atoms. The maximum atomic E-state index is 13.9. The number of esters is 2. The third-order valence-electron chi connectivity index (χ3n) is 17.2. The van der Waals surface area contributed by atoms with E-state index in [0.717, 1.165) is 59.8 Å². The predicted octanol–water partition coefficient (Wildman–Crippen LogP) is 5.62. The molecule has 1 aromatic heterocycles. The van der Waals surface area contributed by atoms with Crippen molar-refractivity contribution in [1.29, 1.82) is 0 Å². The van der Waals surface area contributed by atoms with Crippen LogP contribution in [0.4, 0.5) is 0 Å². The van der Waals surface area contributed by atoms with Crippen LogP contribution in [0.3, 0.4) is 0 Å². The Morgan fingerprint density at radius 3 is 1.52 bits per heavy atom. The van der Waals surface area contributed by atoms with Gasteiger partial charge in [0.15, 0.2) is 46.8 Å². The van der Waals surface area contributed by atoms with Gasteiger partial charge < -0.3 is 29.2 Å². The molecular formula is C48H48Cl2N2O10S. The van der Waals surface area contributed by atoms with Crippen LogP contribution >= 0.6 is 34.5 Å². The van der Waals surface area contributed by atoms with Gasteiger partial charge in [0.25, 0.3) is 0 Å². The number of nitrogens with zero attached hydrogens (tertiary/aromatic N) is 2. The predicted molar refractivity (Wildman–Crippen MR) is 229 cm³/mol. The van der Waals surface area contributed by atoms with E-state index in [1.165, 1.54) is 25.7 Å². The van der Waals surface area contributed by atoms with Crippen LogP contribution in [-0.4, -0.2) is 105 Å². The van der Waals surface area contributed by atoms with Crippen LogP contribution in [-0.2, 0) is 55.7 Å². The number of benzene rings is 2. The maximum Gasteiger partial charge on any atom is 0.315 e. The number of rotatable bonds is 10. The Balaban J connectivity index is 0.758. The highest BCUT2D eigenvalue weighted by Crippen LogP contribution is 2.67. The first-order chi connectivity index (χ1) is 30.3. The van der Waals surface area contributed by atoms with Gasteiger partial charge in [-0.25, -0.2) is 0 Å².